The van der Waals surface area contributed by atoms with Crippen LogP contribution in [-0.4, -0.2) is 50.9 Å². The first kappa shape index (κ1) is 16.7. The standard InChI is InChI=1S/C18H25N5O/c1-14-11-22(12-15-3-5-16(6-4-15)18(19)24)9-10-23(14)13-17-20-7-8-21(17)2/h3-8,14H,9-13H2,1-2H3,(H2,19,24)/t14-/m1/s1. The second kappa shape index (κ2) is 7.15. The lowest BCUT2D eigenvalue weighted by atomic mass is 10.1. The molecule has 2 heterocycles. The Kier molecular flexibility index (Phi) is 4.97. The van der Waals surface area contributed by atoms with E-state index in [2.05, 4.69) is 26.3 Å². The summed E-state index contributed by atoms with van der Waals surface area (Å²) in [5.41, 5.74) is 7.06. The van der Waals surface area contributed by atoms with Gasteiger partial charge in [-0.15, -0.1) is 0 Å². The van der Waals surface area contributed by atoms with Crippen LogP contribution >= 0.6 is 0 Å². The fourth-order valence-electron chi connectivity index (χ4n) is 3.21. The van der Waals surface area contributed by atoms with Crippen molar-refractivity contribution in [1.29, 1.82) is 0 Å². The summed E-state index contributed by atoms with van der Waals surface area (Å²) in [6.45, 7) is 7.17. The van der Waals surface area contributed by atoms with Gasteiger partial charge < -0.3 is 10.3 Å². The molecule has 6 heteroatoms. The molecule has 128 valence electrons. The number of carbonyl (C=O) groups excluding carboxylic acids is 1. The van der Waals surface area contributed by atoms with E-state index in [9.17, 15) is 4.79 Å². The molecule has 1 aromatic heterocycles. The molecule has 1 fully saturated rings. The highest BCUT2D eigenvalue weighted by Crippen LogP contribution is 2.15. The van der Waals surface area contributed by atoms with E-state index in [0.717, 1.165) is 38.5 Å². The molecule has 24 heavy (non-hydrogen) atoms. The molecule has 0 bridgehead atoms. The zero-order valence-electron chi connectivity index (χ0n) is 14.4. The van der Waals surface area contributed by atoms with Gasteiger partial charge in [0, 0.05) is 57.2 Å². The fourth-order valence-corrected chi connectivity index (χ4v) is 3.21. The Morgan fingerprint density at radius 1 is 1.25 bits per heavy atom. The zero-order valence-corrected chi connectivity index (χ0v) is 14.4. The number of carbonyl (C=O) groups is 1. The maximum absolute atomic E-state index is 11.1. The van der Waals surface area contributed by atoms with Crippen molar-refractivity contribution in [3.63, 3.8) is 0 Å². The van der Waals surface area contributed by atoms with E-state index in [1.807, 2.05) is 31.6 Å². The molecule has 2 aromatic rings. The number of amides is 1. The van der Waals surface area contributed by atoms with E-state index < -0.39 is 0 Å². The molecule has 1 amide bonds. The summed E-state index contributed by atoms with van der Waals surface area (Å²) in [4.78, 5) is 20.5. The molecule has 0 aliphatic carbocycles. The van der Waals surface area contributed by atoms with Crippen molar-refractivity contribution >= 4 is 5.91 Å². The van der Waals surface area contributed by atoms with Gasteiger partial charge in [0.15, 0.2) is 0 Å². The minimum atomic E-state index is -0.377. The van der Waals surface area contributed by atoms with Crippen LogP contribution in [0.25, 0.3) is 0 Å². The third-order valence-electron chi connectivity index (χ3n) is 4.76. The topological polar surface area (TPSA) is 67.4 Å². The summed E-state index contributed by atoms with van der Waals surface area (Å²) >= 11 is 0. The van der Waals surface area contributed by atoms with Crippen molar-refractivity contribution in [2.75, 3.05) is 19.6 Å². The molecule has 1 atom stereocenters. The van der Waals surface area contributed by atoms with Crippen molar-refractivity contribution in [2.45, 2.75) is 26.1 Å². The van der Waals surface area contributed by atoms with Crippen molar-refractivity contribution in [3.8, 4) is 0 Å². The Bertz CT molecular complexity index is 694. The normalized spacial score (nSPS) is 19.5. The number of rotatable bonds is 5. The van der Waals surface area contributed by atoms with Crippen molar-refractivity contribution in [1.82, 2.24) is 19.4 Å². The number of piperazine rings is 1. The molecule has 0 spiro atoms. The van der Waals surface area contributed by atoms with Gasteiger partial charge in [-0.1, -0.05) is 12.1 Å². The maximum Gasteiger partial charge on any atom is 0.248 e. The van der Waals surface area contributed by atoms with E-state index in [1.165, 1.54) is 5.56 Å². The number of nitrogens with two attached hydrogens (primary N) is 1. The molecule has 2 N–H and O–H groups in total. The predicted molar refractivity (Wildman–Crippen MR) is 93.3 cm³/mol. The van der Waals surface area contributed by atoms with E-state index in [-0.39, 0.29) is 5.91 Å². The summed E-state index contributed by atoms with van der Waals surface area (Å²) < 4.78 is 2.08. The highest BCUT2D eigenvalue weighted by molar-refractivity contribution is 5.92. The summed E-state index contributed by atoms with van der Waals surface area (Å²) in [5.74, 6) is 0.732. The lowest BCUT2D eigenvalue weighted by Gasteiger charge is -2.39. The lowest BCUT2D eigenvalue weighted by Crippen LogP contribution is -2.51. The van der Waals surface area contributed by atoms with Crippen LogP contribution in [0.4, 0.5) is 0 Å². The molecule has 1 aliphatic heterocycles. The Hall–Kier alpha value is -2.18. The van der Waals surface area contributed by atoms with E-state index in [4.69, 9.17) is 5.73 Å². The molecule has 0 radical (unpaired) electrons. The summed E-state index contributed by atoms with van der Waals surface area (Å²) in [7, 11) is 2.04. The number of primary amides is 1. The van der Waals surface area contributed by atoms with Gasteiger partial charge in [-0.25, -0.2) is 4.98 Å². The van der Waals surface area contributed by atoms with Gasteiger partial charge in [-0.2, -0.15) is 0 Å². The highest BCUT2D eigenvalue weighted by atomic mass is 16.1. The third kappa shape index (κ3) is 3.83. The first-order chi connectivity index (χ1) is 11.5. The van der Waals surface area contributed by atoms with Gasteiger partial charge in [0.1, 0.15) is 5.82 Å². The molecule has 3 rings (SSSR count). The van der Waals surface area contributed by atoms with Crippen LogP contribution < -0.4 is 5.73 Å². The highest BCUT2D eigenvalue weighted by Gasteiger charge is 2.24. The number of nitrogens with zero attached hydrogens (tertiary/aromatic N) is 4. The minimum absolute atomic E-state index is 0.377. The predicted octanol–water partition coefficient (Wildman–Crippen LogP) is 1.23. The van der Waals surface area contributed by atoms with E-state index >= 15 is 0 Å². The van der Waals surface area contributed by atoms with Crippen molar-refractivity contribution in [3.05, 3.63) is 53.6 Å². The summed E-state index contributed by atoms with van der Waals surface area (Å²) in [6, 6.07) is 8.08. The average Bonchev–Trinajstić information content (AvgIpc) is 2.95. The minimum Gasteiger partial charge on any atom is -0.366 e. The number of aromatic nitrogens is 2. The van der Waals surface area contributed by atoms with Crippen LogP contribution in [0.15, 0.2) is 36.7 Å². The number of aryl methyl sites for hydroxylation is 1. The third-order valence-corrected chi connectivity index (χ3v) is 4.76. The molecule has 6 nitrogen and oxygen atoms in total. The molecule has 1 aliphatic rings. The first-order valence-corrected chi connectivity index (χ1v) is 8.34. The first-order valence-electron chi connectivity index (χ1n) is 8.34. The number of hydrogen-bond acceptors (Lipinski definition) is 4. The smallest absolute Gasteiger partial charge is 0.248 e. The van der Waals surface area contributed by atoms with Gasteiger partial charge in [0.05, 0.1) is 6.54 Å². The van der Waals surface area contributed by atoms with Crippen molar-refractivity contribution in [2.24, 2.45) is 12.8 Å². The van der Waals surface area contributed by atoms with Crippen LogP contribution in [0.5, 0.6) is 0 Å². The summed E-state index contributed by atoms with van der Waals surface area (Å²) in [6.07, 6.45) is 3.85. The Balaban J connectivity index is 1.55. The number of hydrogen-bond donors (Lipinski definition) is 1. The lowest BCUT2D eigenvalue weighted by molar-refractivity contribution is 0.0707. The van der Waals surface area contributed by atoms with Gasteiger partial charge in [-0.05, 0) is 24.6 Å². The SMILES string of the molecule is C[C@@H]1CN(Cc2ccc(C(N)=O)cc2)CCN1Cc1nccn1C. The molecular weight excluding hydrogens is 302 g/mol. The van der Waals surface area contributed by atoms with Crippen LogP contribution in [0.2, 0.25) is 0 Å². The largest absolute Gasteiger partial charge is 0.366 e. The molecule has 0 saturated carbocycles. The number of imidazole rings is 1. The van der Waals surface area contributed by atoms with Gasteiger partial charge in [0.25, 0.3) is 0 Å². The summed E-state index contributed by atoms with van der Waals surface area (Å²) in [5, 5.41) is 0. The molecule has 1 aromatic carbocycles. The maximum atomic E-state index is 11.1. The second-order valence-corrected chi connectivity index (χ2v) is 6.57. The van der Waals surface area contributed by atoms with Crippen molar-refractivity contribution < 1.29 is 4.79 Å². The fraction of sp³-hybridized carbons (Fsp3) is 0.444. The van der Waals surface area contributed by atoms with Crippen LogP contribution in [0.1, 0.15) is 28.7 Å². The second-order valence-electron chi connectivity index (χ2n) is 6.57. The van der Waals surface area contributed by atoms with Crippen LogP contribution in [-0.2, 0) is 20.1 Å². The van der Waals surface area contributed by atoms with E-state index in [0.29, 0.717) is 11.6 Å². The van der Waals surface area contributed by atoms with Crippen LogP contribution in [0, 0.1) is 0 Å². The zero-order chi connectivity index (χ0) is 17.1. The molecular formula is C18H25N5O. The van der Waals surface area contributed by atoms with Gasteiger partial charge in [0.2, 0.25) is 5.91 Å². The Morgan fingerprint density at radius 3 is 2.58 bits per heavy atom. The molecule has 1 saturated heterocycles. The van der Waals surface area contributed by atoms with E-state index in [1.54, 1.807) is 12.1 Å². The monoisotopic (exact) mass is 327 g/mol. The number of benzene rings is 1. The molecule has 0 unspecified atom stereocenters. The van der Waals surface area contributed by atoms with Gasteiger partial charge in [-0.3, -0.25) is 14.6 Å². The quantitative estimate of drug-likeness (QED) is 0.897. The van der Waals surface area contributed by atoms with Crippen LogP contribution in [0.3, 0.4) is 0 Å². The van der Waals surface area contributed by atoms with Gasteiger partial charge >= 0.3 is 0 Å². The Labute approximate surface area is 142 Å². The Morgan fingerprint density at radius 2 is 2.00 bits per heavy atom. The average molecular weight is 327 g/mol.